The molecule has 6 nitrogen and oxygen atoms in total. The summed E-state index contributed by atoms with van der Waals surface area (Å²) in [4.78, 5) is 24.8. The minimum atomic E-state index is -0.967. The fourth-order valence-corrected chi connectivity index (χ4v) is 2.73. The molecule has 0 aromatic rings. The number of rotatable bonds is 3. The Bertz CT molecular complexity index is 369. The van der Waals surface area contributed by atoms with Gasteiger partial charge in [-0.15, -0.1) is 0 Å². The predicted octanol–water partition coefficient (Wildman–Crippen LogP) is 0.875. The van der Waals surface area contributed by atoms with Crippen molar-refractivity contribution < 1.29 is 24.2 Å². The summed E-state index contributed by atoms with van der Waals surface area (Å²) in [6.07, 6.45) is 1.97. The predicted molar refractivity (Wildman–Crippen MR) is 62.2 cm³/mol. The highest BCUT2D eigenvalue weighted by Crippen LogP contribution is 2.42. The molecule has 2 fully saturated rings. The van der Waals surface area contributed by atoms with Crippen LogP contribution in [0.25, 0.3) is 0 Å². The van der Waals surface area contributed by atoms with Gasteiger partial charge in [0.05, 0.1) is 12.6 Å². The molecule has 0 radical (unpaired) electrons. The van der Waals surface area contributed by atoms with Crippen LogP contribution in [0, 0.1) is 5.41 Å². The van der Waals surface area contributed by atoms with Gasteiger partial charge in [0.25, 0.3) is 0 Å². The van der Waals surface area contributed by atoms with E-state index < -0.39 is 17.5 Å². The summed E-state index contributed by atoms with van der Waals surface area (Å²) >= 11 is 0. The molecule has 100 valence electrons. The zero-order valence-corrected chi connectivity index (χ0v) is 10.1. The Balaban J connectivity index is 2.14. The zero-order valence-electron chi connectivity index (χ0n) is 10.1. The number of ether oxygens (including phenoxy) is 2. The molecule has 1 N–H and O–H groups in total. The molecule has 0 bridgehead atoms. The fourth-order valence-electron chi connectivity index (χ4n) is 2.73. The SMILES string of the molecule is C=CCOC(=O)N1CC[C@]2(C(=O)O)COCC[C@H]12. The first-order chi connectivity index (χ1) is 8.62. The molecule has 2 saturated heterocycles. The standard InChI is InChI=1S/C12H17NO5/c1-2-6-18-11(16)13-5-4-12(10(14)15)8-17-7-3-9(12)13/h2,9H,1,3-8H2,(H,14,15)/t9-,12-/m0/s1. The van der Waals surface area contributed by atoms with Crippen LogP contribution in [0.1, 0.15) is 12.8 Å². The number of nitrogens with zero attached hydrogens (tertiary/aromatic N) is 1. The van der Waals surface area contributed by atoms with Gasteiger partial charge in [-0.2, -0.15) is 0 Å². The zero-order chi connectivity index (χ0) is 13.2. The minimum Gasteiger partial charge on any atom is -0.481 e. The normalized spacial score (nSPS) is 30.7. The average molecular weight is 255 g/mol. The van der Waals surface area contributed by atoms with Crippen LogP contribution in [0.3, 0.4) is 0 Å². The number of hydrogen-bond donors (Lipinski definition) is 1. The number of fused-ring (bicyclic) bond motifs is 1. The number of carbonyl (C=O) groups excluding carboxylic acids is 1. The molecule has 0 spiro atoms. The van der Waals surface area contributed by atoms with Gasteiger partial charge in [-0.25, -0.2) is 4.79 Å². The van der Waals surface area contributed by atoms with Crippen molar-refractivity contribution in [3.63, 3.8) is 0 Å². The van der Waals surface area contributed by atoms with Gasteiger partial charge in [-0.05, 0) is 12.8 Å². The van der Waals surface area contributed by atoms with Crippen molar-refractivity contribution in [2.45, 2.75) is 18.9 Å². The summed E-state index contributed by atoms with van der Waals surface area (Å²) < 4.78 is 10.3. The molecule has 2 atom stereocenters. The van der Waals surface area contributed by atoms with Crippen molar-refractivity contribution in [3.8, 4) is 0 Å². The highest BCUT2D eigenvalue weighted by Gasteiger charge is 2.56. The molecule has 0 aromatic heterocycles. The molecular formula is C12H17NO5. The van der Waals surface area contributed by atoms with Gasteiger partial charge in [-0.3, -0.25) is 4.79 Å². The highest BCUT2D eigenvalue weighted by molar-refractivity contribution is 5.79. The lowest BCUT2D eigenvalue weighted by Crippen LogP contribution is -2.52. The van der Waals surface area contributed by atoms with E-state index in [0.29, 0.717) is 26.0 Å². The molecule has 1 amide bonds. The largest absolute Gasteiger partial charge is 0.481 e. The van der Waals surface area contributed by atoms with E-state index in [4.69, 9.17) is 9.47 Å². The lowest BCUT2D eigenvalue weighted by molar-refractivity contribution is -0.159. The Hall–Kier alpha value is -1.56. The van der Waals surface area contributed by atoms with E-state index in [-0.39, 0.29) is 19.3 Å². The first-order valence-electron chi connectivity index (χ1n) is 5.97. The fraction of sp³-hybridized carbons (Fsp3) is 0.667. The van der Waals surface area contributed by atoms with Gasteiger partial charge in [0.1, 0.15) is 12.0 Å². The summed E-state index contributed by atoms with van der Waals surface area (Å²) in [7, 11) is 0. The van der Waals surface area contributed by atoms with Gasteiger partial charge in [0, 0.05) is 13.2 Å². The number of hydrogen-bond acceptors (Lipinski definition) is 4. The third-order valence-corrected chi connectivity index (χ3v) is 3.69. The van der Waals surface area contributed by atoms with Crippen LogP contribution >= 0.6 is 0 Å². The highest BCUT2D eigenvalue weighted by atomic mass is 16.6. The van der Waals surface area contributed by atoms with Crippen molar-refractivity contribution in [1.82, 2.24) is 4.90 Å². The Labute approximate surface area is 105 Å². The molecule has 2 aliphatic rings. The number of likely N-dealkylation sites (tertiary alicyclic amines) is 1. The van der Waals surface area contributed by atoms with Crippen molar-refractivity contribution in [2.75, 3.05) is 26.4 Å². The van der Waals surface area contributed by atoms with Gasteiger partial charge in [-0.1, -0.05) is 12.7 Å². The Morgan fingerprint density at radius 1 is 1.61 bits per heavy atom. The van der Waals surface area contributed by atoms with E-state index in [9.17, 15) is 14.7 Å². The van der Waals surface area contributed by atoms with Gasteiger partial charge >= 0.3 is 12.1 Å². The number of amides is 1. The molecule has 0 aromatic carbocycles. The van der Waals surface area contributed by atoms with Crippen LogP contribution in [0.5, 0.6) is 0 Å². The van der Waals surface area contributed by atoms with Crippen LogP contribution in [-0.4, -0.2) is 54.5 Å². The van der Waals surface area contributed by atoms with Crippen LogP contribution in [0.15, 0.2) is 12.7 Å². The van der Waals surface area contributed by atoms with Gasteiger partial charge in [0.2, 0.25) is 0 Å². The first-order valence-corrected chi connectivity index (χ1v) is 5.97. The molecular weight excluding hydrogens is 238 g/mol. The van der Waals surface area contributed by atoms with Crippen LogP contribution in [0.2, 0.25) is 0 Å². The summed E-state index contributed by atoms with van der Waals surface area (Å²) in [5.41, 5.74) is -0.967. The minimum absolute atomic E-state index is 0.138. The summed E-state index contributed by atoms with van der Waals surface area (Å²) in [5, 5.41) is 9.40. The number of carboxylic acid groups (broad SMARTS) is 1. The van der Waals surface area contributed by atoms with E-state index in [1.807, 2.05) is 0 Å². The lowest BCUT2D eigenvalue weighted by Gasteiger charge is -2.37. The summed E-state index contributed by atoms with van der Waals surface area (Å²) in [6, 6.07) is -0.332. The molecule has 0 unspecified atom stereocenters. The third kappa shape index (κ3) is 1.96. The summed E-state index contributed by atoms with van der Waals surface area (Å²) in [6.45, 7) is 4.65. The molecule has 18 heavy (non-hydrogen) atoms. The topological polar surface area (TPSA) is 76.1 Å². The number of aliphatic carboxylic acids is 1. The maximum atomic E-state index is 11.8. The van der Waals surface area contributed by atoms with Crippen molar-refractivity contribution in [3.05, 3.63) is 12.7 Å². The molecule has 2 rings (SSSR count). The summed E-state index contributed by atoms with van der Waals surface area (Å²) in [5.74, 6) is -0.897. The van der Waals surface area contributed by atoms with Crippen molar-refractivity contribution >= 4 is 12.1 Å². The van der Waals surface area contributed by atoms with Gasteiger partial charge < -0.3 is 19.5 Å². The second-order valence-electron chi connectivity index (χ2n) is 4.63. The third-order valence-electron chi connectivity index (χ3n) is 3.69. The second-order valence-corrected chi connectivity index (χ2v) is 4.63. The smallest absolute Gasteiger partial charge is 0.410 e. The van der Waals surface area contributed by atoms with Crippen LogP contribution in [0.4, 0.5) is 4.79 Å². The maximum Gasteiger partial charge on any atom is 0.410 e. The molecule has 6 heteroatoms. The van der Waals surface area contributed by atoms with Crippen molar-refractivity contribution in [1.29, 1.82) is 0 Å². The first kappa shape index (κ1) is 12.9. The van der Waals surface area contributed by atoms with Crippen LogP contribution < -0.4 is 0 Å². The average Bonchev–Trinajstić information content (AvgIpc) is 2.77. The molecule has 2 aliphatic heterocycles. The van der Waals surface area contributed by atoms with E-state index in [0.717, 1.165) is 0 Å². The van der Waals surface area contributed by atoms with Crippen molar-refractivity contribution in [2.24, 2.45) is 5.41 Å². The Morgan fingerprint density at radius 3 is 3.06 bits per heavy atom. The number of carboxylic acids is 1. The van der Waals surface area contributed by atoms with E-state index >= 15 is 0 Å². The monoisotopic (exact) mass is 255 g/mol. The maximum absolute atomic E-state index is 11.8. The Morgan fingerprint density at radius 2 is 2.39 bits per heavy atom. The van der Waals surface area contributed by atoms with E-state index in [2.05, 4.69) is 6.58 Å². The van der Waals surface area contributed by atoms with E-state index in [1.54, 1.807) is 0 Å². The quantitative estimate of drug-likeness (QED) is 0.757. The van der Waals surface area contributed by atoms with Gasteiger partial charge in [0.15, 0.2) is 0 Å². The molecule has 0 aliphatic carbocycles. The molecule has 0 saturated carbocycles. The Kier molecular flexibility index (Phi) is 3.56. The molecule has 2 heterocycles. The van der Waals surface area contributed by atoms with Crippen LogP contribution in [-0.2, 0) is 14.3 Å². The number of carbonyl (C=O) groups is 2. The lowest BCUT2D eigenvalue weighted by atomic mass is 9.78. The second kappa shape index (κ2) is 4.97. The van der Waals surface area contributed by atoms with E-state index in [1.165, 1.54) is 11.0 Å².